The molecule has 0 aromatic heterocycles. The van der Waals surface area contributed by atoms with Crippen molar-refractivity contribution in [1.82, 2.24) is 4.90 Å². The summed E-state index contributed by atoms with van der Waals surface area (Å²) < 4.78 is 5.76. The number of carbonyl (C=O) groups is 1. The number of hydrogen-bond donors (Lipinski definition) is 0. The first-order valence-corrected chi connectivity index (χ1v) is 7.93. The van der Waals surface area contributed by atoms with Crippen LogP contribution in [0.15, 0.2) is 11.8 Å². The largest absolute Gasteiger partial charge is 0.449 e. The first kappa shape index (κ1) is 13.0. The van der Waals surface area contributed by atoms with Crippen LogP contribution in [0.5, 0.6) is 0 Å². The van der Waals surface area contributed by atoms with Crippen molar-refractivity contribution in [2.75, 3.05) is 13.1 Å². The molecule has 3 aliphatic rings. The van der Waals surface area contributed by atoms with E-state index in [4.69, 9.17) is 4.74 Å². The van der Waals surface area contributed by atoms with Crippen LogP contribution in [-0.2, 0) is 9.53 Å². The number of esters is 1. The second kappa shape index (κ2) is 5.18. The maximum absolute atomic E-state index is 11.8. The lowest BCUT2D eigenvalue weighted by molar-refractivity contribution is -0.149. The molecule has 19 heavy (non-hydrogen) atoms. The maximum Gasteiger partial charge on any atom is 0.333 e. The van der Waals surface area contributed by atoms with Crippen molar-refractivity contribution in [3.63, 3.8) is 0 Å². The summed E-state index contributed by atoms with van der Waals surface area (Å²) in [5, 5.41) is 0. The highest BCUT2D eigenvalue weighted by molar-refractivity contribution is 5.86. The third-order valence-corrected chi connectivity index (χ3v) is 4.69. The van der Waals surface area contributed by atoms with Gasteiger partial charge in [-0.3, -0.25) is 0 Å². The number of hydrogen-bond acceptors (Lipinski definition) is 3. The van der Waals surface area contributed by atoms with Gasteiger partial charge in [-0.15, -0.1) is 0 Å². The lowest BCUT2D eigenvalue weighted by Crippen LogP contribution is -2.42. The molecule has 0 aromatic rings. The van der Waals surface area contributed by atoms with Crippen LogP contribution in [0, 0.1) is 5.92 Å². The van der Waals surface area contributed by atoms with Crippen molar-refractivity contribution in [2.24, 2.45) is 5.92 Å². The van der Waals surface area contributed by atoms with E-state index in [9.17, 15) is 4.79 Å². The van der Waals surface area contributed by atoms with E-state index in [1.165, 1.54) is 37.8 Å². The van der Waals surface area contributed by atoms with Gasteiger partial charge in [0.05, 0.1) is 5.70 Å². The maximum atomic E-state index is 11.8. The molecule has 0 amide bonds. The molecule has 2 fully saturated rings. The Labute approximate surface area is 116 Å². The molecular formula is C16H25NO2. The van der Waals surface area contributed by atoms with E-state index in [1.54, 1.807) is 6.08 Å². The number of ether oxygens (including phenoxy) is 1. The van der Waals surface area contributed by atoms with E-state index < -0.39 is 0 Å². The second-order valence-corrected chi connectivity index (χ2v) is 6.40. The molecule has 1 spiro atoms. The quantitative estimate of drug-likeness (QED) is 0.713. The van der Waals surface area contributed by atoms with Crippen molar-refractivity contribution in [1.29, 1.82) is 0 Å². The third-order valence-electron chi connectivity index (χ3n) is 4.69. The number of nitrogens with zero attached hydrogens (tertiary/aromatic N) is 1. The highest BCUT2D eigenvalue weighted by Crippen LogP contribution is 2.43. The van der Waals surface area contributed by atoms with Gasteiger partial charge in [0.25, 0.3) is 0 Å². The van der Waals surface area contributed by atoms with Gasteiger partial charge >= 0.3 is 5.97 Å². The fraction of sp³-hybridized carbons (Fsp3) is 0.812. The van der Waals surface area contributed by atoms with E-state index >= 15 is 0 Å². The van der Waals surface area contributed by atoms with Crippen LogP contribution in [-0.4, -0.2) is 29.6 Å². The summed E-state index contributed by atoms with van der Waals surface area (Å²) in [6.07, 6.45) is 11.3. The molecule has 0 atom stereocenters. The molecule has 3 rings (SSSR count). The molecule has 1 heterocycles. The zero-order valence-corrected chi connectivity index (χ0v) is 12.0. The molecule has 2 saturated carbocycles. The van der Waals surface area contributed by atoms with Gasteiger partial charge in [0, 0.05) is 19.2 Å². The van der Waals surface area contributed by atoms with Crippen molar-refractivity contribution >= 4 is 5.97 Å². The van der Waals surface area contributed by atoms with Crippen molar-refractivity contribution in [3.8, 4) is 0 Å². The zero-order chi connectivity index (χ0) is 13.3. The van der Waals surface area contributed by atoms with E-state index in [-0.39, 0.29) is 11.6 Å². The minimum absolute atomic E-state index is 0.117. The smallest absolute Gasteiger partial charge is 0.333 e. The highest BCUT2D eigenvalue weighted by Gasteiger charge is 2.46. The molecule has 106 valence electrons. The average molecular weight is 263 g/mol. The van der Waals surface area contributed by atoms with Gasteiger partial charge in [0.2, 0.25) is 0 Å². The molecule has 1 aliphatic heterocycles. The van der Waals surface area contributed by atoms with Gasteiger partial charge in [-0.05, 0) is 50.9 Å². The fourth-order valence-corrected chi connectivity index (χ4v) is 3.57. The second-order valence-electron chi connectivity index (χ2n) is 6.40. The van der Waals surface area contributed by atoms with Crippen LogP contribution < -0.4 is 0 Å². The summed E-state index contributed by atoms with van der Waals surface area (Å²) in [6, 6.07) is 0. The van der Waals surface area contributed by atoms with Gasteiger partial charge in [-0.2, -0.15) is 0 Å². The van der Waals surface area contributed by atoms with Crippen molar-refractivity contribution in [3.05, 3.63) is 11.8 Å². The zero-order valence-electron chi connectivity index (χ0n) is 12.0. The van der Waals surface area contributed by atoms with E-state index in [2.05, 4.69) is 11.8 Å². The lowest BCUT2D eigenvalue weighted by Gasteiger charge is -2.40. The van der Waals surface area contributed by atoms with Crippen LogP contribution in [0.2, 0.25) is 0 Å². The van der Waals surface area contributed by atoms with Gasteiger partial charge in [-0.1, -0.05) is 13.3 Å². The molecule has 0 aromatic carbocycles. The Balaban J connectivity index is 1.80. The number of rotatable bonds is 5. The average Bonchev–Trinajstić information content (AvgIpc) is 3.15. The summed E-state index contributed by atoms with van der Waals surface area (Å²) in [5.74, 6) is 0.734. The van der Waals surface area contributed by atoms with E-state index in [1.807, 2.05) is 0 Å². The van der Waals surface area contributed by atoms with Gasteiger partial charge in [0.1, 0.15) is 0 Å². The molecular weight excluding hydrogens is 238 g/mol. The van der Waals surface area contributed by atoms with Crippen LogP contribution in [0.1, 0.15) is 58.3 Å². The standard InChI is InChI=1S/C16H25NO2/c1-2-10-17(12-13-6-7-13)14-11-15(18)19-16(14)8-4-3-5-9-16/h11,13H,2-10,12H2,1H3. The molecule has 0 saturated heterocycles. The molecule has 0 unspecified atom stereocenters. The topological polar surface area (TPSA) is 29.5 Å². The van der Waals surface area contributed by atoms with Crippen LogP contribution in [0.4, 0.5) is 0 Å². The van der Waals surface area contributed by atoms with Crippen LogP contribution >= 0.6 is 0 Å². The Kier molecular flexibility index (Phi) is 3.55. The minimum Gasteiger partial charge on any atom is -0.449 e. The van der Waals surface area contributed by atoms with Crippen molar-refractivity contribution < 1.29 is 9.53 Å². The van der Waals surface area contributed by atoms with Gasteiger partial charge < -0.3 is 9.64 Å². The predicted molar refractivity (Wildman–Crippen MR) is 74.6 cm³/mol. The van der Waals surface area contributed by atoms with Crippen LogP contribution in [0.25, 0.3) is 0 Å². The third kappa shape index (κ3) is 2.65. The normalized spacial score (nSPS) is 25.3. The van der Waals surface area contributed by atoms with E-state index in [0.29, 0.717) is 0 Å². The minimum atomic E-state index is -0.264. The summed E-state index contributed by atoms with van der Waals surface area (Å²) in [5.41, 5.74) is 0.935. The molecule has 3 heteroatoms. The monoisotopic (exact) mass is 263 g/mol. The Hall–Kier alpha value is -0.990. The van der Waals surface area contributed by atoms with Crippen molar-refractivity contribution in [2.45, 2.75) is 63.9 Å². The fourth-order valence-electron chi connectivity index (χ4n) is 3.57. The Morgan fingerprint density at radius 2 is 2.05 bits per heavy atom. The molecule has 0 radical (unpaired) electrons. The summed E-state index contributed by atoms with van der Waals surface area (Å²) in [7, 11) is 0. The summed E-state index contributed by atoms with van der Waals surface area (Å²) >= 11 is 0. The molecule has 3 nitrogen and oxygen atoms in total. The first-order chi connectivity index (χ1) is 9.23. The molecule has 0 bridgehead atoms. The van der Waals surface area contributed by atoms with E-state index in [0.717, 1.165) is 38.3 Å². The number of carbonyl (C=O) groups excluding carboxylic acids is 1. The Morgan fingerprint density at radius 3 is 2.68 bits per heavy atom. The first-order valence-electron chi connectivity index (χ1n) is 7.93. The highest BCUT2D eigenvalue weighted by atomic mass is 16.6. The Bertz CT molecular complexity index is 378. The van der Waals surface area contributed by atoms with Gasteiger partial charge in [0.15, 0.2) is 5.60 Å². The SMILES string of the molecule is CCCN(CC1CC1)C1=CC(=O)OC12CCCCC2. The summed E-state index contributed by atoms with van der Waals surface area (Å²) in [6.45, 7) is 4.39. The molecule has 2 aliphatic carbocycles. The predicted octanol–water partition coefficient (Wildman–Crippen LogP) is 3.25. The van der Waals surface area contributed by atoms with Crippen LogP contribution in [0.3, 0.4) is 0 Å². The summed E-state index contributed by atoms with van der Waals surface area (Å²) in [4.78, 5) is 14.3. The van der Waals surface area contributed by atoms with Gasteiger partial charge in [-0.25, -0.2) is 4.79 Å². The molecule has 0 N–H and O–H groups in total. The Morgan fingerprint density at radius 1 is 1.32 bits per heavy atom. The lowest BCUT2D eigenvalue weighted by atomic mass is 9.82.